The van der Waals surface area contributed by atoms with Gasteiger partial charge in [-0.3, -0.25) is 0 Å². The van der Waals surface area contributed by atoms with E-state index in [1.165, 1.54) is 50.5 Å². The van der Waals surface area contributed by atoms with E-state index in [1.54, 1.807) is 12.1 Å². The zero-order chi connectivity index (χ0) is 23.9. The molecule has 0 aromatic heterocycles. The molecule has 184 valence electrons. The Labute approximate surface area is 206 Å². The van der Waals surface area contributed by atoms with Crippen LogP contribution in [0, 0.1) is 5.41 Å². The molecule has 34 heavy (non-hydrogen) atoms. The third-order valence-electron chi connectivity index (χ3n) is 8.50. The number of benzene rings is 2. The summed E-state index contributed by atoms with van der Waals surface area (Å²) in [7, 11) is 0. The lowest BCUT2D eigenvalue weighted by Gasteiger charge is -2.40. The monoisotopic (exact) mass is 486 g/mol. The Bertz CT molecular complexity index is 985. The van der Waals surface area contributed by atoms with Gasteiger partial charge in [-0.2, -0.15) is 0 Å². The van der Waals surface area contributed by atoms with Crippen LogP contribution in [0.25, 0.3) is 0 Å². The summed E-state index contributed by atoms with van der Waals surface area (Å²) < 4.78 is 5.72. The molecule has 3 fully saturated rings. The fraction of sp³-hybridized carbons (Fsp3) is 0.571. The zero-order valence-corrected chi connectivity index (χ0v) is 20.2. The van der Waals surface area contributed by atoms with E-state index in [-0.39, 0.29) is 0 Å². The van der Waals surface area contributed by atoms with Gasteiger partial charge in [0.2, 0.25) is 0 Å². The van der Waals surface area contributed by atoms with Gasteiger partial charge in [0.05, 0.1) is 6.61 Å². The minimum absolute atomic E-state index is 0.448. The molecule has 1 spiro atoms. The van der Waals surface area contributed by atoms with Crippen molar-refractivity contribution in [3.63, 3.8) is 0 Å². The third-order valence-corrected chi connectivity index (χ3v) is 8.87. The molecule has 4 N–H and O–H groups in total. The van der Waals surface area contributed by atoms with Crippen molar-refractivity contribution in [2.45, 2.75) is 87.8 Å². The van der Waals surface area contributed by atoms with E-state index in [1.807, 2.05) is 6.07 Å². The molecule has 3 aliphatic rings. The molecule has 6 atom stereocenters. The molecule has 2 saturated carbocycles. The quantitative estimate of drug-likeness (QED) is 0.506. The largest absolute Gasteiger partial charge is 0.394 e. The maximum atomic E-state index is 10.5. The summed E-state index contributed by atoms with van der Waals surface area (Å²) in [6, 6.07) is 14.3. The Balaban J connectivity index is 1.30. The minimum atomic E-state index is -1.40. The van der Waals surface area contributed by atoms with Crippen molar-refractivity contribution in [1.29, 1.82) is 0 Å². The molecule has 0 bridgehead atoms. The van der Waals surface area contributed by atoms with Gasteiger partial charge < -0.3 is 25.2 Å². The molecule has 2 aromatic rings. The summed E-state index contributed by atoms with van der Waals surface area (Å²) in [6.07, 6.45) is 4.38. The predicted molar refractivity (Wildman–Crippen MR) is 131 cm³/mol. The first-order chi connectivity index (χ1) is 16.4. The van der Waals surface area contributed by atoms with E-state index in [9.17, 15) is 20.4 Å². The van der Waals surface area contributed by atoms with E-state index in [0.717, 1.165) is 11.1 Å². The molecule has 2 aromatic carbocycles. The second-order valence-electron chi connectivity index (χ2n) is 10.7. The normalized spacial score (nSPS) is 33.0. The fourth-order valence-electron chi connectivity index (χ4n) is 6.48. The van der Waals surface area contributed by atoms with Crippen LogP contribution in [0.1, 0.15) is 79.2 Å². The van der Waals surface area contributed by atoms with Crippen LogP contribution >= 0.6 is 11.6 Å². The first-order valence-electron chi connectivity index (χ1n) is 12.6. The van der Waals surface area contributed by atoms with Crippen LogP contribution in [0.4, 0.5) is 0 Å². The number of aliphatic hydroxyl groups is 4. The van der Waals surface area contributed by atoms with E-state index in [4.69, 9.17) is 16.3 Å². The van der Waals surface area contributed by atoms with Crippen LogP contribution < -0.4 is 0 Å². The molecule has 0 radical (unpaired) electrons. The number of rotatable bonds is 5. The number of halogens is 1. The molecule has 6 heteroatoms. The van der Waals surface area contributed by atoms with Gasteiger partial charge in [-0.1, -0.05) is 60.8 Å². The Morgan fingerprint density at radius 3 is 2.29 bits per heavy atom. The first kappa shape index (κ1) is 24.2. The average Bonchev–Trinajstić information content (AvgIpc) is 3.49. The van der Waals surface area contributed by atoms with E-state index < -0.39 is 37.1 Å². The first-order valence-corrected chi connectivity index (χ1v) is 12.9. The van der Waals surface area contributed by atoms with Crippen molar-refractivity contribution in [3.8, 4) is 0 Å². The molecule has 5 rings (SSSR count). The van der Waals surface area contributed by atoms with Gasteiger partial charge in [-0.15, -0.1) is 0 Å². The Morgan fingerprint density at radius 1 is 0.882 bits per heavy atom. The zero-order valence-electron chi connectivity index (χ0n) is 19.4. The van der Waals surface area contributed by atoms with E-state index >= 15 is 0 Å². The minimum Gasteiger partial charge on any atom is -0.394 e. The summed E-state index contributed by atoms with van der Waals surface area (Å²) >= 11 is 6.50. The van der Waals surface area contributed by atoms with E-state index in [0.29, 0.717) is 28.3 Å². The van der Waals surface area contributed by atoms with Crippen LogP contribution in [0.2, 0.25) is 5.02 Å². The highest BCUT2D eigenvalue weighted by Gasteiger charge is 2.44. The van der Waals surface area contributed by atoms with Gasteiger partial charge in [0.25, 0.3) is 0 Å². The average molecular weight is 487 g/mol. The predicted octanol–water partition coefficient (Wildman–Crippen LogP) is 4.27. The summed E-state index contributed by atoms with van der Waals surface area (Å²) in [4.78, 5) is 0. The van der Waals surface area contributed by atoms with Crippen molar-refractivity contribution in [1.82, 2.24) is 0 Å². The van der Waals surface area contributed by atoms with E-state index in [2.05, 4.69) is 24.3 Å². The summed E-state index contributed by atoms with van der Waals surface area (Å²) in [5.41, 5.74) is 4.76. The van der Waals surface area contributed by atoms with Gasteiger partial charge in [-0.25, -0.2) is 0 Å². The molecule has 1 saturated heterocycles. The number of hydrogen-bond acceptors (Lipinski definition) is 5. The second kappa shape index (κ2) is 9.88. The Morgan fingerprint density at radius 2 is 1.59 bits per heavy atom. The Hall–Kier alpha value is -1.47. The lowest BCUT2D eigenvalue weighted by atomic mass is 9.82. The summed E-state index contributed by atoms with van der Waals surface area (Å²) in [5.74, 6) is 0.672. The fourth-order valence-corrected chi connectivity index (χ4v) is 6.67. The molecule has 1 heterocycles. The number of ether oxygens (including phenoxy) is 1. The van der Waals surface area contributed by atoms with Gasteiger partial charge >= 0.3 is 0 Å². The van der Waals surface area contributed by atoms with Crippen LogP contribution in [0.15, 0.2) is 42.5 Å². The molecule has 2 aliphatic carbocycles. The van der Waals surface area contributed by atoms with Crippen molar-refractivity contribution in [2.24, 2.45) is 5.41 Å². The highest BCUT2D eigenvalue weighted by atomic mass is 35.5. The van der Waals surface area contributed by atoms with Gasteiger partial charge in [0.15, 0.2) is 0 Å². The van der Waals surface area contributed by atoms with Crippen LogP contribution in [0.3, 0.4) is 0 Å². The molecular formula is C28H35ClO5. The lowest BCUT2D eigenvalue weighted by Crippen LogP contribution is -2.55. The molecule has 0 amide bonds. The highest BCUT2D eigenvalue weighted by molar-refractivity contribution is 6.31. The standard InChI is InChI=1S/C28H35ClO5/c29-22-8-7-19(27-26(33)25(32)24(31)23(16-30)34-27)14-21(22)13-17-3-5-18(6-4-17)20-9-12-28(15-20)10-1-2-11-28/h3-8,14,20,23-27,30-33H,1-2,9-13,15-16H2/t20?,23-,24-,25+,26-,27?/m1/s1. The van der Waals surface area contributed by atoms with Gasteiger partial charge in [-0.05, 0) is 78.2 Å². The van der Waals surface area contributed by atoms with Crippen LogP contribution in [0.5, 0.6) is 0 Å². The Kier molecular flexibility index (Phi) is 7.04. The SMILES string of the molecule is OC[C@H]1OC(c2ccc(Cl)c(Cc3ccc(C4CCC5(CCCC5)C4)cc3)c2)[C@H](O)[C@@H](O)[C@@H]1O. The smallest absolute Gasteiger partial charge is 0.113 e. The summed E-state index contributed by atoms with van der Waals surface area (Å²) in [5, 5.41) is 40.8. The van der Waals surface area contributed by atoms with Crippen molar-refractivity contribution < 1.29 is 25.2 Å². The number of hydrogen-bond donors (Lipinski definition) is 4. The molecule has 5 nitrogen and oxygen atoms in total. The van der Waals surface area contributed by atoms with Crippen molar-refractivity contribution in [2.75, 3.05) is 6.61 Å². The highest BCUT2D eigenvalue weighted by Crippen LogP contribution is 2.55. The van der Waals surface area contributed by atoms with Gasteiger partial charge in [0.1, 0.15) is 30.5 Å². The van der Waals surface area contributed by atoms with Crippen molar-refractivity contribution >= 4 is 11.6 Å². The second-order valence-corrected chi connectivity index (χ2v) is 11.1. The van der Waals surface area contributed by atoms with Crippen LogP contribution in [-0.4, -0.2) is 51.4 Å². The lowest BCUT2D eigenvalue weighted by molar-refractivity contribution is -0.231. The third kappa shape index (κ3) is 4.67. The van der Waals surface area contributed by atoms with Crippen LogP contribution in [-0.2, 0) is 11.2 Å². The maximum absolute atomic E-state index is 10.5. The molecule has 2 unspecified atom stereocenters. The maximum Gasteiger partial charge on any atom is 0.113 e. The summed E-state index contributed by atoms with van der Waals surface area (Å²) in [6.45, 7) is -0.448. The molecule has 1 aliphatic heterocycles. The van der Waals surface area contributed by atoms with Crippen molar-refractivity contribution in [3.05, 3.63) is 69.7 Å². The van der Waals surface area contributed by atoms with Gasteiger partial charge in [0, 0.05) is 5.02 Å². The topological polar surface area (TPSA) is 90.2 Å². The number of aliphatic hydroxyl groups excluding tert-OH is 4. The molecular weight excluding hydrogens is 452 g/mol.